The van der Waals surface area contributed by atoms with Crippen molar-refractivity contribution in [2.75, 3.05) is 18.1 Å². The topological polar surface area (TPSA) is 59.1 Å². The van der Waals surface area contributed by atoms with Crippen molar-refractivity contribution in [3.05, 3.63) is 30.1 Å². The third-order valence-electron chi connectivity index (χ3n) is 2.28. The van der Waals surface area contributed by atoms with Crippen LogP contribution in [-0.4, -0.2) is 31.5 Å². The molecule has 0 radical (unpaired) electrons. The normalized spacial score (nSPS) is 11.6. The van der Waals surface area contributed by atoms with E-state index in [1.807, 2.05) is 18.2 Å². The molecule has 0 aliphatic carbocycles. The fourth-order valence-electron chi connectivity index (χ4n) is 1.28. The predicted molar refractivity (Wildman–Crippen MR) is 64.9 cm³/mol. The van der Waals surface area contributed by atoms with Gasteiger partial charge in [0.2, 0.25) is 0 Å². The van der Waals surface area contributed by atoms with Crippen LogP contribution in [0.1, 0.15) is 19.0 Å². The van der Waals surface area contributed by atoms with Crippen molar-refractivity contribution in [2.24, 2.45) is 0 Å². The summed E-state index contributed by atoms with van der Waals surface area (Å²) in [7, 11) is -2.82. The molecule has 0 saturated carbocycles. The summed E-state index contributed by atoms with van der Waals surface area (Å²) in [5.41, 5.74) is 0.973. The average Bonchev–Trinajstić information content (AvgIpc) is 2.30. The molecule has 0 atom stereocenters. The molecule has 0 amide bonds. The van der Waals surface area contributed by atoms with Crippen molar-refractivity contribution in [3.63, 3.8) is 0 Å². The highest BCUT2D eigenvalue weighted by atomic mass is 32.2. The summed E-state index contributed by atoms with van der Waals surface area (Å²) in [6.07, 6.45) is 2.40. The van der Waals surface area contributed by atoms with Gasteiger partial charge in [-0.3, -0.25) is 4.98 Å². The maximum Gasteiger partial charge on any atom is 0.150 e. The van der Waals surface area contributed by atoms with Crippen LogP contribution in [0.4, 0.5) is 0 Å². The van der Waals surface area contributed by atoms with Gasteiger partial charge < -0.3 is 5.32 Å². The highest BCUT2D eigenvalue weighted by molar-refractivity contribution is 7.91. The zero-order chi connectivity index (χ0) is 11.9. The van der Waals surface area contributed by atoms with E-state index in [1.54, 1.807) is 13.1 Å². The minimum absolute atomic E-state index is 0.229. The van der Waals surface area contributed by atoms with E-state index in [0.29, 0.717) is 19.5 Å². The van der Waals surface area contributed by atoms with Crippen LogP contribution in [0.5, 0.6) is 0 Å². The molecule has 0 aliphatic heterocycles. The van der Waals surface area contributed by atoms with Gasteiger partial charge in [0.15, 0.2) is 0 Å². The summed E-state index contributed by atoms with van der Waals surface area (Å²) in [5.74, 6) is 0.492. The van der Waals surface area contributed by atoms with Crippen LogP contribution in [0.3, 0.4) is 0 Å². The van der Waals surface area contributed by atoms with Gasteiger partial charge in [0.25, 0.3) is 0 Å². The van der Waals surface area contributed by atoms with Gasteiger partial charge in [-0.1, -0.05) is 13.0 Å². The Balaban J connectivity index is 2.14. The number of nitrogens with zero attached hydrogens (tertiary/aromatic N) is 1. The Morgan fingerprint density at radius 2 is 2.19 bits per heavy atom. The molecule has 0 bridgehead atoms. The second kappa shape index (κ2) is 6.60. The van der Waals surface area contributed by atoms with Crippen molar-refractivity contribution >= 4 is 9.84 Å². The molecular formula is C11H18N2O2S. The summed E-state index contributed by atoms with van der Waals surface area (Å²) in [4.78, 5) is 4.16. The number of aromatic nitrogens is 1. The molecule has 0 saturated heterocycles. The van der Waals surface area contributed by atoms with Crippen LogP contribution >= 0.6 is 0 Å². The van der Waals surface area contributed by atoms with E-state index in [9.17, 15) is 8.42 Å². The fraction of sp³-hybridized carbons (Fsp3) is 0.545. The Bertz CT molecular complexity index is 390. The average molecular weight is 242 g/mol. The molecule has 0 spiro atoms. The summed E-state index contributed by atoms with van der Waals surface area (Å²) >= 11 is 0. The zero-order valence-electron chi connectivity index (χ0n) is 9.52. The van der Waals surface area contributed by atoms with Crippen LogP contribution in [0.15, 0.2) is 24.4 Å². The van der Waals surface area contributed by atoms with Gasteiger partial charge in [-0.15, -0.1) is 0 Å². The Labute approximate surface area is 97.0 Å². The minimum atomic E-state index is -2.82. The lowest BCUT2D eigenvalue weighted by Crippen LogP contribution is -2.19. The van der Waals surface area contributed by atoms with Gasteiger partial charge in [0.1, 0.15) is 9.84 Å². The molecule has 0 fully saturated rings. The fourth-order valence-corrected chi connectivity index (χ4v) is 2.15. The second-order valence-electron chi connectivity index (χ2n) is 3.59. The lowest BCUT2D eigenvalue weighted by molar-refractivity contribution is 0.589. The first kappa shape index (κ1) is 13.1. The zero-order valence-corrected chi connectivity index (χ0v) is 10.3. The first-order valence-corrected chi connectivity index (χ1v) is 7.27. The molecule has 1 rings (SSSR count). The minimum Gasteiger partial charge on any atom is -0.311 e. The van der Waals surface area contributed by atoms with E-state index in [4.69, 9.17) is 0 Å². The summed E-state index contributed by atoms with van der Waals surface area (Å²) in [5, 5.41) is 3.17. The number of nitrogens with one attached hydrogen (secondary N) is 1. The van der Waals surface area contributed by atoms with E-state index < -0.39 is 9.84 Å². The van der Waals surface area contributed by atoms with Gasteiger partial charge in [-0.05, 0) is 25.1 Å². The molecule has 0 aliphatic rings. The lowest BCUT2D eigenvalue weighted by Gasteiger charge is -2.04. The number of hydrogen-bond donors (Lipinski definition) is 1. The molecule has 0 aromatic carbocycles. The molecule has 0 unspecified atom stereocenters. The lowest BCUT2D eigenvalue weighted by atomic mass is 10.3. The van der Waals surface area contributed by atoms with Crippen LogP contribution in [-0.2, 0) is 16.4 Å². The van der Waals surface area contributed by atoms with Crippen LogP contribution in [0.25, 0.3) is 0 Å². The van der Waals surface area contributed by atoms with Crippen molar-refractivity contribution < 1.29 is 8.42 Å². The molecule has 1 N–H and O–H groups in total. The van der Waals surface area contributed by atoms with E-state index in [0.717, 1.165) is 5.69 Å². The maximum absolute atomic E-state index is 11.2. The molecular weight excluding hydrogens is 224 g/mol. The SMILES string of the molecule is CCS(=O)(=O)CCCNCc1ccccn1. The standard InChI is InChI=1S/C11H18N2O2S/c1-2-16(14,15)9-5-7-12-10-11-6-3-4-8-13-11/h3-4,6,8,12H,2,5,7,9-10H2,1H3. The molecule has 90 valence electrons. The van der Waals surface area contributed by atoms with E-state index in [-0.39, 0.29) is 11.5 Å². The van der Waals surface area contributed by atoms with Crippen molar-refractivity contribution in [1.82, 2.24) is 10.3 Å². The Morgan fingerprint density at radius 3 is 2.81 bits per heavy atom. The number of hydrogen-bond acceptors (Lipinski definition) is 4. The summed E-state index contributed by atoms with van der Waals surface area (Å²) < 4.78 is 22.4. The molecule has 5 heteroatoms. The van der Waals surface area contributed by atoms with Gasteiger partial charge in [-0.25, -0.2) is 8.42 Å². The summed E-state index contributed by atoms with van der Waals surface area (Å²) in [6, 6.07) is 5.75. The van der Waals surface area contributed by atoms with Gasteiger partial charge in [0.05, 0.1) is 11.4 Å². The quantitative estimate of drug-likeness (QED) is 0.725. The molecule has 1 aromatic rings. The Kier molecular flexibility index (Phi) is 5.42. The van der Waals surface area contributed by atoms with Crippen LogP contribution in [0.2, 0.25) is 0 Å². The highest BCUT2D eigenvalue weighted by Gasteiger charge is 2.05. The third-order valence-corrected chi connectivity index (χ3v) is 4.07. The van der Waals surface area contributed by atoms with E-state index in [2.05, 4.69) is 10.3 Å². The number of sulfone groups is 1. The van der Waals surface area contributed by atoms with Crippen LogP contribution in [0, 0.1) is 0 Å². The second-order valence-corrected chi connectivity index (χ2v) is 6.06. The van der Waals surface area contributed by atoms with Crippen molar-refractivity contribution in [1.29, 1.82) is 0 Å². The third kappa shape index (κ3) is 5.23. The molecule has 1 aromatic heterocycles. The van der Waals surface area contributed by atoms with Crippen molar-refractivity contribution in [2.45, 2.75) is 19.9 Å². The van der Waals surface area contributed by atoms with Gasteiger partial charge in [0, 0.05) is 18.5 Å². The predicted octanol–water partition coefficient (Wildman–Crippen LogP) is 0.996. The molecule has 1 heterocycles. The van der Waals surface area contributed by atoms with E-state index in [1.165, 1.54) is 0 Å². The Hall–Kier alpha value is -0.940. The number of rotatable bonds is 7. The first-order valence-electron chi connectivity index (χ1n) is 5.45. The van der Waals surface area contributed by atoms with Gasteiger partial charge >= 0.3 is 0 Å². The Morgan fingerprint density at radius 1 is 1.38 bits per heavy atom. The summed E-state index contributed by atoms with van der Waals surface area (Å²) in [6.45, 7) is 3.07. The maximum atomic E-state index is 11.2. The molecule has 4 nitrogen and oxygen atoms in total. The number of pyridine rings is 1. The smallest absolute Gasteiger partial charge is 0.150 e. The monoisotopic (exact) mass is 242 g/mol. The highest BCUT2D eigenvalue weighted by Crippen LogP contribution is 1.94. The van der Waals surface area contributed by atoms with Gasteiger partial charge in [-0.2, -0.15) is 0 Å². The van der Waals surface area contributed by atoms with E-state index >= 15 is 0 Å². The first-order chi connectivity index (χ1) is 7.64. The van der Waals surface area contributed by atoms with Crippen LogP contribution < -0.4 is 5.32 Å². The largest absolute Gasteiger partial charge is 0.311 e. The molecule has 16 heavy (non-hydrogen) atoms. The van der Waals surface area contributed by atoms with Crippen molar-refractivity contribution in [3.8, 4) is 0 Å².